The molecule has 14 heavy (non-hydrogen) atoms. The molecule has 1 aliphatic heterocycles. The fraction of sp³-hybridized carbons (Fsp3) is 0.444. The summed E-state index contributed by atoms with van der Waals surface area (Å²) in [5.41, 5.74) is 12.2. The van der Waals surface area contributed by atoms with E-state index in [1.165, 1.54) is 0 Å². The number of aromatic nitrogens is 1. The van der Waals surface area contributed by atoms with E-state index in [0.717, 1.165) is 18.7 Å². The average molecular weight is 194 g/mol. The van der Waals surface area contributed by atoms with E-state index in [-0.39, 0.29) is 6.04 Å². The van der Waals surface area contributed by atoms with Gasteiger partial charge in [-0.15, -0.1) is 0 Å². The molecule has 0 aliphatic carbocycles. The number of nitrogens with zero attached hydrogens (tertiary/aromatic N) is 1. The highest BCUT2D eigenvalue weighted by Crippen LogP contribution is 2.19. The molecule has 1 fully saturated rings. The van der Waals surface area contributed by atoms with Gasteiger partial charge in [-0.2, -0.15) is 0 Å². The topological polar surface area (TPSA) is 86.2 Å². The molecule has 0 saturated carbocycles. The van der Waals surface area contributed by atoms with Gasteiger partial charge in [0.1, 0.15) is 11.6 Å². The zero-order chi connectivity index (χ0) is 9.97. The number of anilines is 2. The molecular weight excluding hydrogens is 180 g/mol. The van der Waals surface area contributed by atoms with Crippen molar-refractivity contribution in [1.82, 2.24) is 10.3 Å². The Bertz CT molecular complexity index is 302. The van der Waals surface area contributed by atoms with Crippen LogP contribution in [0.3, 0.4) is 0 Å². The smallest absolute Gasteiger partial charge is 0.126 e. The molecule has 5 nitrogen and oxygen atoms in total. The summed E-state index contributed by atoms with van der Waals surface area (Å²) in [6.45, 7) is 2.27. The van der Waals surface area contributed by atoms with Gasteiger partial charge < -0.3 is 21.5 Å². The van der Waals surface area contributed by atoms with E-state index in [1.807, 2.05) is 12.1 Å². The van der Waals surface area contributed by atoms with Crippen molar-refractivity contribution < 1.29 is 4.74 Å². The fourth-order valence-corrected chi connectivity index (χ4v) is 1.58. The number of hydrogen-bond acceptors (Lipinski definition) is 5. The number of nitrogens with one attached hydrogen (secondary N) is 1. The molecule has 0 spiro atoms. The average Bonchev–Trinajstić information content (AvgIpc) is 2.18. The lowest BCUT2D eigenvalue weighted by Gasteiger charge is -2.24. The summed E-state index contributed by atoms with van der Waals surface area (Å²) >= 11 is 0. The van der Waals surface area contributed by atoms with Crippen LogP contribution in [0.1, 0.15) is 11.6 Å². The first-order valence-electron chi connectivity index (χ1n) is 4.60. The predicted molar refractivity (Wildman–Crippen MR) is 54.6 cm³/mol. The molecule has 2 heterocycles. The van der Waals surface area contributed by atoms with Crippen molar-refractivity contribution >= 4 is 11.6 Å². The second kappa shape index (κ2) is 3.81. The summed E-state index contributed by atoms with van der Waals surface area (Å²) in [5, 5.41) is 3.33. The molecule has 0 aromatic carbocycles. The lowest BCUT2D eigenvalue weighted by molar-refractivity contribution is 0.0769. The lowest BCUT2D eigenvalue weighted by atomic mass is 10.1. The lowest BCUT2D eigenvalue weighted by Crippen LogP contribution is -2.34. The van der Waals surface area contributed by atoms with Gasteiger partial charge in [-0.1, -0.05) is 0 Å². The van der Waals surface area contributed by atoms with Crippen LogP contribution in [0.15, 0.2) is 12.1 Å². The number of nitrogen functional groups attached to an aromatic ring is 2. The molecule has 0 radical (unpaired) electrons. The van der Waals surface area contributed by atoms with Gasteiger partial charge in [-0.25, -0.2) is 4.98 Å². The van der Waals surface area contributed by atoms with Crippen molar-refractivity contribution in [1.29, 1.82) is 0 Å². The van der Waals surface area contributed by atoms with Crippen LogP contribution in [0.5, 0.6) is 0 Å². The summed E-state index contributed by atoms with van der Waals surface area (Å²) in [7, 11) is 0. The van der Waals surface area contributed by atoms with Crippen LogP contribution in [0.25, 0.3) is 0 Å². The van der Waals surface area contributed by atoms with E-state index in [9.17, 15) is 0 Å². The summed E-state index contributed by atoms with van der Waals surface area (Å²) in [6.07, 6.45) is 0. The monoisotopic (exact) mass is 194 g/mol. The van der Waals surface area contributed by atoms with Gasteiger partial charge in [0.2, 0.25) is 0 Å². The van der Waals surface area contributed by atoms with E-state index in [0.29, 0.717) is 18.2 Å². The molecule has 1 aliphatic rings. The van der Waals surface area contributed by atoms with Crippen LogP contribution in [0.4, 0.5) is 11.6 Å². The molecule has 0 bridgehead atoms. The second-order valence-corrected chi connectivity index (χ2v) is 3.33. The molecule has 1 saturated heterocycles. The maximum Gasteiger partial charge on any atom is 0.126 e. The Morgan fingerprint density at radius 2 is 2.07 bits per heavy atom. The van der Waals surface area contributed by atoms with Crippen molar-refractivity contribution in [3.63, 3.8) is 0 Å². The largest absolute Gasteiger partial charge is 0.384 e. The fourth-order valence-electron chi connectivity index (χ4n) is 1.58. The minimum atomic E-state index is 0.177. The summed E-state index contributed by atoms with van der Waals surface area (Å²) in [5.74, 6) is 0.903. The van der Waals surface area contributed by atoms with Crippen LogP contribution < -0.4 is 16.8 Å². The summed E-state index contributed by atoms with van der Waals surface area (Å²) < 4.78 is 5.35. The van der Waals surface area contributed by atoms with Gasteiger partial charge in [-0.05, 0) is 17.7 Å². The number of rotatable bonds is 1. The van der Waals surface area contributed by atoms with Crippen molar-refractivity contribution in [2.24, 2.45) is 0 Å². The maximum absolute atomic E-state index is 5.61. The summed E-state index contributed by atoms with van der Waals surface area (Å²) in [4.78, 5) is 3.92. The van der Waals surface area contributed by atoms with Gasteiger partial charge in [0.15, 0.2) is 0 Å². The normalized spacial score (nSPS) is 22.1. The maximum atomic E-state index is 5.61. The first-order chi connectivity index (χ1) is 6.75. The highest BCUT2D eigenvalue weighted by molar-refractivity contribution is 5.44. The zero-order valence-electron chi connectivity index (χ0n) is 7.86. The molecular formula is C9H14N4O. The first-order valence-corrected chi connectivity index (χ1v) is 4.60. The van der Waals surface area contributed by atoms with Gasteiger partial charge >= 0.3 is 0 Å². The van der Waals surface area contributed by atoms with E-state index in [1.54, 1.807) is 0 Å². The van der Waals surface area contributed by atoms with E-state index in [4.69, 9.17) is 16.2 Å². The Morgan fingerprint density at radius 1 is 1.36 bits per heavy atom. The van der Waals surface area contributed by atoms with E-state index >= 15 is 0 Å². The van der Waals surface area contributed by atoms with Crippen LogP contribution >= 0.6 is 0 Å². The minimum Gasteiger partial charge on any atom is -0.384 e. The van der Waals surface area contributed by atoms with Crippen molar-refractivity contribution in [2.75, 3.05) is 31.2 Å². The zero-order valence-corrected chi connectivity index (χ0v) is 7.86. The number of hydrogen-bond donors (Lipinski definition) is 3. The van der Waals surface area contributed by atoms with Crippen LogP contribution in [-0.4, -0.2) is 24.7 Å². The Kier molecular flexibility index (Phi) is 2.51. The molecule has 0 amide bonds. The quantitative estimate of drug-likeness (QED) is 0.581. The Balaban J connectivity index is 2.21. The van der Waals surface area contributed by atoms with Crippen LogP contribution in [0.2, 0.25) is 0 Å². The first kappa shape index (κ1) is 9.23. The number of ether oxygens (including phenoxy) is 1. The van der Waals surface area contributed by atoms with Gasteiger partial charge in [0.25, 0.3) is 0 Å². The Labute approximate surface area is 82.4 Å². The van der Waals surface area contributed by atoms with Crippen LogP contribution in [0, 0.1) is 0 Å². The molecule has 1 aromatic heterocycles. The third kappa shape index (κ3) is 1.94. The van der Waals surface area contributed by atoms with Crippen molar-refractivity contribution in [2.45, 2.75) is 6.04 Å². The molecule has 5 N–H and O–H groups in total. The number of morpholine rings is 1. The third-order valence-corrected chi connectivity index (χ3v) is 2.21. The molecule has 76 valence electrons. The predicted octanol–water partition coefficient (Wildman–Crippen LogP) is -0.0931. The molecule has 0 unspecified atom stereocenters. The molecule has 2 rings (SSSR count). The van der Waals surface area contributed by atoms with Gasteiger partial charge in [0.05, 0.1) is 19.3 Å². The van der Waals surface area contributed by atoms with Crippen LogP contribution in [-0.2, 0) is 4.74 Å². The second-order valence-electron chi connectivity index (χ2n) is 3.33. The van der Waals surface area contributed by atoms with E-state index in [2.05, 4.69) is 10.3 Å². The van der Waals surface area contributed by atoms with E-state index < -0.39 is 0 Å². The van der Waals surface area contributed by atoms with Crippen molar-refractivity contribution in [3.8, 4) is 0 Å². The Morgan fingerprint density at radius 3 is 2.64 bits per heavy atom. The Hall–Kier alpha value is -1.33. The standard InChI is InChI=1S/C9H14N4O/c10-8-3-6(4-9(11)13-8)7-5-14-2-1-12-7/h3-4,7,12H,1-2,5H2,(H4,10,11,13)/t7-/m1/s1. The summed E-state index contributed by atoms with van der Waals surface area (Å²) in [6, 6.07) is 3.82. The minimum absolute atomic E-state index is 0.177. The molecule has 1 aromatic rings. The third-order valence-electron chi connectivity index (χ3n) is 2.21. The highest BCUT2D eigenvalue weighted by atomic mass is 16.5. The van der Waals surface area contributed by atoms with Gasteiger partial charge in [0, 0.05) is 6.54 Å². The number of nitrogens with two attached hydrogens (primary N) is 2. The SMILES string of the molecule is Nc1cc([C@H]2COCCN2)cc(N)n1. The molecule has 5 heteroatoms. The molecule has 1 atom stereocenters. The highest BCUT2D eigenvalue weighted by Gasteiger charge is 2.15. The van der Waals surface area contributed by atoms with Gasteiger partial charge in [-0.3, -0.25) is 0 Å². The number of pyridine rings is 1. The van der Waals surface area contributed by atoms with Crippen molar-refractivity contribution in [3.05, 3.63) is 17.7 Å².